The summed E-state index contributed by atoms with van der Waals surface area (Å²) >= 11 is 0. The van der Waals surface area contributed by atoms with Crippen LogP contribution < -0.4 is 20.3 Å². The zero-order valence-electron chi connectivity index (χ0n) is 14.4. The second kappa shape index (κ2) is 7.33. The number of hydrogen-bond donors (Lipinski definition) is 1. The molecule has 2 N–H and O–H groups in total. The predicted molar refractivity (Wildman–Crippen MR) is 95.0 cm³/mol. The predicted octanol–water partition coefficient (Wildman–Crippen LogP) is 1.08. The number of primary amides is 1. The van der Waals surface area contributed by atoms with E-state index in [0.717, 1.165) is 18.9 Å². The van der Waals surface area contributed by atoms with Crippen molar-refractivity contribution in [2.24, 2.45) is 5.73 Å². The Morgan fingerprint density at radius 1 is 1.04 bits per heavy atom. The summed E-state index contributed by atoms with van der Waals surface area (Å²) in [7, 11) is 0. The molecule has 1 aliphatic rings. The van der Waals surface area contributed by atoms with Crippen LogP contribution in [-0.4, -0.2) is 53.1 Å². The van der Waals surface area contributed by atoms with Crippen LogP contribution in [0, 0.1) is 0 Å². The molecule has 0 aliphatic carbocycles. The molecule has 0 unspecified atom stereocenters. The fraction of sp³-hybridized carbons (Fsp3) is 0.412. The summed E-state index contributed by atoms with van der Waals surface area (Å²) in [5.41, 5.74) is 5.90. The number of carbonyl (C=O) groups is 1. The molecule has 0 spiro atoms. The molecule has 1 fully saturated rings. The maximum Gasteiger partial charge on any atom is 0.257 e. The average Bonchev–Trinajstić information content (AvgIpc) is 2.62. The quantitative estimate of drug-likeness (QED) is 0.868. The van der Waals surface area contributed by atoms with E-state index in [1.165, 1.54) is 0 Å². The number of ether oxygens (including phenoxy) is 1. The fourth-order valence-corrected chi connectivity index (χ4v) is 2.81. The molecule has 0 saturated carbocycles. The third kappa shape index (κ3) is 3.78. The maximum absolute atomic E-state index is 11.6. The lowest BCUT2D eigenvalue weighted by molar-refractivity contribution is 0.100. The van der Waals surface area contributed by atoms with Crippen LogP contribution in [0.3, 0.4) is 0 Å². The smallest absolute Gasteiger partial charge is 0.257 e. The van der Waals surface area contributed by atoms with Crippen molar-refractivity contribution in [3.8, 4) is 5.88 Å². The minimum absolute atomic E-state index is 0.0309. The first-order chi connectivity index (χ1) is 12.1. The summed E-state index contributed by atoms with van der Waals surface area (Å²) in [4.78, 5) is 28.9. The van der Waals surface area contributed by atoms with E-state index in [9.17, 15) is 4.79 Å². The van der Waals surface area contributed by atoms with Gasteiger partial charge >= 0.3 is 0 Å². The molecular formula is C17H22N6O2. The molecule has 0 atom stereocenters. The Balaban J connectivity index is 1.74. The fourth-order valence-electron chi connectivity index (χ4n) is 2.81. The normalized spacial score (nSPS) is 14.7. The van der Waals surface area contributed by atoms with Gasteiger partial charge in [-0.15, -0.1) is 0 Å². The lowest BCUT2D eigenvalue weighted by Crippen LogP contribution is -2.47. The maximum atomic E-state index is 11.6. The molecule has 3 heterocycles. The molecular weight excluding hydrogens is 320 g/mol. The van der Waals surface area contributed by atoms with Crippen molar-refractivity contribution in [1.29, 1.82) is 0 Å². The van der Waals surface area contributed by atoms with Crippen LogP contribution in [-0.2, 0) is 0 Å². The number of pyridine rings is 1. The van der Waals surface area contributed by atoms with E-state index >= 15 is 0 Å². The molecule has 3 rings (SSSR count). The van der Waals surface area contributed by atoms with Crippen molar-refractivity contribution in [1.82, 2.24) is 15.0 Å². The molecule has 8 heteroatoms. The van der Waals surface area contributed by atoms with E-state index in [1.54, 1.807) is 30.7 Å². The largest absolute Gasteiger partial charge is 0.472 e. The van der Waals surface area contributed by atoms with Crippen LogP contribution in [0.2, 0.25) is 0 Å². The van der Waals surface area contributed by atoms with E-state index in [2.05, 4.69) is 24.8 Å². The summed E-state index contributed by atoms with van der Waals surface area (Å²) in [5, 5.41) is 0. The Morgan fingerprint density at radius 3 is 2.28 bits per heavy atom. The average molecular weight is 342 g/mol. The third-order valence-corrected chi connectivity index (χ3v) is 3.92. The third-order valence-electron chi connectivity index (χ3n) is 3.92. The van der Waals surface area contributed by atoms with Gasteiger partial charge in [0.25, 0.3) is 11.8 Å². The Bertz CT molecular complexity index is 743. The van der Waals surface area contributed by atoms with Gasteiger partial charge in [0.15, 0.2) is 5.82 Å². The highest BCUT2D eigenvalue weighted by atomic mass is 16.5. The van der Waals surface area contributed by atoms with Crippen molar-refractivity contribution in [3.05, 3.63) is 36.3 Å². The number of piperazine rings is 1. The van der Waals surface area contributed by atoms with E-state index in [1.807, 2.05) is 13.8 Å². The Morgan fingerprint density at radius 2 is 1.64 bits per heavy atom. The first-order valence-electron chi connectivity index (χ1n) is 8.28. The van der Waals surface area contributed by atoms with Crippen LogP contribution in [0.15, 0.2) is 30.7 Å². The lowest BCUT2D eigenvalue weighted by Gasteiger charge is -2.36. The van der Waals surface area contributed by atoms with Gasteiger partial charge in [-0.3, -0.25) is 4.79 Å². The van der Waals surface area contributed by atoms with E-state index in [-0.39, 0.29) is 6.10 Å². The molecule has 2 aromatic rings. The number of anilines is 2. The van der Waals surface area contributed by atoms with Gasteiger partial charge < -0.3 is 20.3 Å². The number of nitrogens with zero attached hydrogens (tertiary/aromatic N) is 5. The van der Waals surface area contributed by atoms with Crippen molar-refractivity contribution < 1.29 is 9.53 Å². The highest BCUT2D eigenvalue weighted by molar-refractivity contribution is 5.97. The van der Waals surface area contributed by atoms with Crippen LogP contribution in [0.5, 0.6) is 5.88 Å². The van der Waals surface area contributed by atoms with Crippen molar-refractivity contribution in [2.75, 3.05) is 36.0 Å². The molecule has 8 nitrogen and oxygen atoms in total. The first-order valence-corrected chi connectivity index (χ1v) is 8.28. The summed E-state index contributed by atoms with van der Waals surface area (Å²) in [6.45, 7) is 6.78. The molecule has 25 heavy (non-hydrogen) atoms. The topological polar surface area (TPSA) is 97.5 Å². The highest BCUT2D eigenvalue weighted by Crippen LogP contribution is 2.26. The number of hydrogen-bond acceptors (Lipinski definition) is 7. The van der Waals surface area contributed by atoms with Crippen molar-refractivity contribution in [2.45, 2.75) is 20.0 Å². The molecule has 0 bridgehead atoms. The van der Waals surface area contributed by atoms with Crippen LogP contribution >= 0.6 is 0 Å². The lowest BCUT2D eigenvalue weighted by atomic mass is 10.2. The van der Waals surface area contributed by atoms with Crippen LogP contribution in [0.1, 0.15) is 24.2 Å². The first kappa shape index (κ1) is 16.9. The van der Waals surface area contributed by atoms with E-state index in [4.69, 9.17) is 10.5 Å². The minimum atomic E-state index is -0.466. The number of nitrogens with two attached hydrogens (primary N) is 1. The highest BCUT2D eigenvalue weighted by Gasteiger charge is 2.24. The second-order valence-corrected chi connectivity index (χ2v) is 6.06. The summed E-state index contributed by atoms with van der Waals surface area (Å²) < 4.78 is 5.76. The Kier molecular flexibility index (Phi) is 4.97. The van der Waals surface area contributed by atoms with Crippen LogP contribution in [0.4, 0.5) is 11.6 Å². The zero-order valence-corrected chi connectivity index (χ0v) is 14.4. The van der Waals surface area contributed by atoms with E-state index < -0.39 is 5.91 Å². The summed E-state index contributed by atoms with van der Waals surface area (Å²) in [6, 6.07) is 3.42. The van der Waals surface area contributed by atoms with Gasteiger partial charge in [-0.1, -0.05) is 0 Å². The van der Waals surface area contributed by atoms with Gasteiger partial charge in [-0.05, 0) is 26.0 Å². The van der Waals surface area contributed by atoms with Crippen molar-refractivity contribution >= 4 is 17.5 Å². The molecule has 1 amide bonds. The Labute approximate surface area is 146 Å². The molecule has 0 aromatic carbocycles. The summed E-state index contributed by atoms with van der Waals surface area (Å²) in [5.74, 6) is 1.45. The molecule has 1 saturated heterocycles. The van der Waals surface area contributed by atoms with Gasteiger partial charge in [-0.2, -0.15) is 0 Å². The number of amides is 1. The second-order valence-electron chi connectivity index (χ2n) is 6.06. The number of aromatic nitrogens is 3. The van der Waals surface area contributed by atoms with E-state index in [0.29, 0.717) is 30.4 Å². The minimum Gasteiger partial charge on any atom is -0.472 e. The van der Waals surface area contributed by atoms with Gasteiger partial charge in [0.05, 0.1) is 11.7 Å². The molecule has 2 aromatic heterocycles. The van der Waals surface area contributed by atoms with Gasteiger partial charge in [0.1, 0.15) is 5.82 Å². The van der Waals surface area contributed by atoms with Crippen LogP contribution in [0.25, 0.3) is 0 Å². The monoisotopic (exact) mass is 342 g/mol. The zero-order chi connectivity index (χ0) is 17.8. The number of rotatable bonds is 5. The van der Waals surface area contributed by atoms with Gasteiger partial charge in [0.2, 0.25) is 0 Å². The SMILES string of the molecule is CC(C)Oc1nccnc1N1CCN(c2ncccc2C(N)=O)CC1. The van der Waals surface area contributed by atoms with Gasteiger partial charge in [-0.25, -0.2) is 15.0 Å². The van der Waals surface area contributed by atoms with Gasteiger partial charge in [0, 0.05) is 44.8 Å². The Hall–Kier alpha value is -2.90. The summed E-state index contributed by atoms with van der Waals surface area (Å²) in [6.07, 6.45) is 5.00. The molecule has 1 aliphatic heterocycles. The van der Waals surface area contributed by atoms with Crippen molar-refractivity contribution in [3.63, 3.8) is 0 Å². The molecule has 0 radical (unpaired) electrons. The number of carbonyl (C=O) groups excluding carboxylic acids is 1. The standard InChI is InChI=1S/C17H22N6O2/c1-12(2)25-17-16(20-6-7-21-17)23-10-8-22(9-11-23)15-13(14(18)24)4-3-5-19-15/h3-7,12H,8-11H2,1-2H3,(H2,18,24). The molecule has 132 valence electrons.